The predicted octanol–water partition coefficient (Wildman–Crippen LogP) is 5.25. The second kappa shape index (κ2) is 7.54. The first-order valence-electron chi connectivity index (χ1n) is 8.96. The average molecular weight is 360 g/mol. The Hall–Kier alpha value is -3.27. The standard InChI is InChI=1S/C23H20O4/c24-23(25)22-14-21(22)17-9-11-18(12-10-17)26-15-16-5-4-8-20(13-16)27-19-6-2-1-3-7-19/h1-13,21-22H,14-15H2,(H,24,25). The maximum Gasteiger partial charge on any atom is 0.307 e. The molecule has 1 N–H and O–H groups in total. The Balaban J connectivity index is 1.35. The molecular formula is C23H20O4. The number of carboxylic acid groups (broad SMARTS) is 1. The van der Waals surface area contributed by atoms with Crippen molar-refractivity contribution in [1.82, 2.24) is 0 Å². The van der Waals surface area contributed by atoms with Gasteiger partial charge < -0.3 is 14.6 Å². The third kappa shape index (κ3) is 4.29. The van der Waals surface area contributed by atoms with Gasteiger partial charge in [0.2, 0.25) is 0 Å². The van der Waals surface area contributed by atoms with Crippen LogP contribution in [0.3, 0.4) is 0 Å². The number of aliphatic carboxylic acids is 1. The SMILES string of the molecule is O=C(O)C1CC1c1ccc(OCc2cccc(Oc3ccccc3)c2)cc1. The number of hydrogen-bond acceptors (Lipinski definition) is 3. The molecule has 1 aliphatic rings. The van der Waals surface area contributed by atoms with Gasteiger partial charge in [-0.2, -0.15) is 0 Å². The number of rotatable bonds is 7. The van der Waals surface area contributed by atoms with Crippen molar-refractivity contribution in [2.75, 3.05) is 0 Å². The van der Waals surface area contributed by atoms with Crippen LogP contribution >= 0.6 is 0 Å². The van der Waals surface area contributed by atoms with E-state index in [2.05, 4.69) is 0 Å². The van der Waals surface area contributed by atoms with Gasteiger partial charge in [-0.1, -0.05) is 42.5 Å². The molecule has 4 heteroatoms. The molecular weight excluding hydrogens is 340 g/mol. The van der Waals surface area contributed by atoms with Crippen LogP contribution in [0.4, 0.5) is 0 Å². The van der Waals surface area contributed by atoms with Crippen LogP contribution in [0.25, 0.3) is 0 Å². The van der Waals surface area contributed by atoms with Crippen LogP contribution in [-0.2, 0) is 11.4 Å². The Morgan fingerprint density at radius 1 is 0.889 bits per heavy atom. The largest absolute Gasteiger partial charge is 0.489 e. The van der Waals surface area contributed by atoms with Crippen molar-refractivity contribution in [3.63, 3.8) is 0 Å². The molecule has 0 amide bonds. The molecule has 3 aromatic rings. The Morgan fingerprint density at radius 2 is 1.63 bits per heavy atom. The Labute approximate surface area is 158 Å². The van der Waals surface area contributed by atoms with Crippen LogP contribution < -0.4 is 9.47 Å². The molecule has 4 rings (SSSR count). The molecule has 0 spiro atoms. The molecule has 27 heavy (non-hydrogen) atoms. The number of ether oxygens (including phenoxy) is 2. The first-order chi connectivity index (χ1) is 13.2. The normalized spacial score (nSPS) is 17.9. The van der Waals surface area contributed by atoms with E-state index in [1.165, 1.54) is 0 Å². The fourth-order valence-corrected chi connectivity index (χ4v) is 3.14. The number of para-hydroxylation sites is 1. The summed E-state index contributed by atoms with van der Waals surface area (Å²) in [6.07, 6.45) is 0.726. The van der Waals surface area contributed by atoms with E-state index in [-0.39, 0.29) is 11.8 Å². The lowest BCUT2D eigenvalue weighted by atomic mass is 10.1. The van der Waals surface area contributed by atoms with E-state index < -0.39 is 5.97 Å². The molecule has 0 aromatic heterocycles. The minimum atomic E-state index is -0.710. The van der Waals surface area contributed by atoms with Gasteiger partial charge in [-0.15, -0.1) is 0 Å². The lowest BCUT2D eigenvalue weighted by Crippen LogP contribution is -1.99. The van der Waals surface area contributed by atoms with Gasteiger partial charge in [-0.25, -0.2) is 0 Å². The first-order valence-corrected chi connectivity index (χ1v) is 8.96. The monoisotopic (exact) mass is 360 g/mol. The molecule has 1 saturated carbocycles. The molecule has 1 fully saturated rings. The third-order valence-corrected chi connectivity index (χ3v) is 4.70. The first kappa shape index (κ1) is 17.2. The summed E-state index contributed by atoms with van der Waals surface area (Å²) >= 11 is 0. The highest BCUT2D eigenvalue weighted by Gasteiger charge is 2.43. The lowest BCUT2D eigenvalue weighted by molar-refractivity contribution is -0.138. The van der Waals surface area contributed by atoms with Gasteiger partial charge in [-0.05, 0) is 59.9 Å². The smallest absolute Gasteiger partial charge is 0.307 e. The average Bonchev–Trinajstić information content (AvgIpc) is 3.49. The van der Waals surface area contributed by atoms with Gasteiger partial charge >= 0.3 is 5.97 Å². The van der Waals surface area contributed by atoms with Gasteiger partial charge in [0.25, 0.3) is 0 Å². The van der Waals surface area contributed by atoms with E-state index in [1.54, 1.807) is 0 Å². The number of carboxylic acids is 1. The van der Waals surface area contributed by atoms with E-state index >= 15 is 0 Å². The van der Waals surface area contributed by atoms with E-state index in [4.69, 9.17) is 14.6 Å². The molecule has 136 valence electrons. The van der Waals surface area contributed by atoms with Crippen LogP contribution in [0.5, 0.6) is 17.2 Å². The van der Waals surface area contributed by atoms with Crippen molar-refractivity contribution in [1.29, 1.82) is 0 Å². The third-order valence-electron chi connectivity index (χ3n) is 4.70. The van der Waals surface area contributed by atoms with Crippen LogP contribution in [-0.4, -0.2) is 11.1 Å². The molecule has 0 heterocycles. The molecule has 3 aromatic carbocycles. The van der Waals surface area contributed by atoms with Crippen molar-refractivity contribution >= 4 is 5.97 Å². The van der Waals surface area contributed by atoms with Crippen LogP contribution in [0, 0.1) is 5.92 Å². The zero-order valence-electron chi connectivity index (χ0n) is 14.7. The summed E-state index contributed by atoms with van der Waals surface area (Å²) in [6.45, 7) is 0.437. The van der Waals surface area contributed by atoms with Gasteiger partial charge in [0, 0.05) is 0 Å². The van der Waals surface area contributed by atoms with Crippen LogP contribution in [0.2, 0.25) is 0 Å². The minimum Gasteiger partial charge on any atom is -0.489 e. The van der Waals surface area contributed by atoms with E-state index in [9.17, 15) is 4.79 Å². The minimum absolute atomic E-state index is 0.142. The summed E-state index contributed by atoms with van der Waals surface area (Å²) in [6, 6.07) is 25.2. The molecule has 2 unspecified atom stereocenters. The lowest BCUT2D eigenvalue weighted by Gasteiger charge is -2.10. The van der Waals surface area contributed by atoms with Crippen molar-refractivity contribution in [2.24, 2.45) is 5.92 Å². The fourth-order valence-electron chi connectivity index (χ4n) is 3.14. The quantitative estimate of drug-likeness (QED) is 0.625. The maximum atomic E-state index is 11.0. The summed E-state index contributed by atoms with van der Waals surface area (Å²) < 4.78 is 11.7. The molecule has 2 atom stereocenters. The molecule has 0 saturated heterocycles. The number of hydrogen-bond donors (Lipinski definition) is 1. The summed E-state index contributed by atoms with van der Waals surface area (Å²) in [7, 11) is 0. The molecule has 0 bridgehead atoms. The number of benzene rings is 3. The summed E-state index contributed by atoms with van der Waals surface area (Å²) in [5, 5.41) is 9.03. The molecule has 1 aliphatic carbocycles. The van der Waals surface area contributed by atoms with Crippen LogP contribution in [0.1, 0.15) is 23.5 Å². The predicted molar refractivity (Wildman–Crippen MR) is 102 cm³/mol. The maximum absolute atomic E-state index is 11.0. The zero-order valence-corrected chi connectivity index (χ0v) is 14.7. The highest BCUT2D eigenvalue weighted by Crippen LogP contribution is 2.47. The fraction of sp³-hybridized carbons (Fsp3) is 0.174. The Bertz CT molecular complexity index is 919. The summed E-state index contributed by atoms with van der Waals surface area (Å²) in [5.74, 6) is 1.53. The molecule has 4 nitrogen and oxygen atoms in total. The van der Waals surface area contributed by atoms with E-state index in [0.717, 1.165) is 34.8 Å². The van der Waals surface area contributed by atoms with Gasteiger partial charge in [-0.3, -0.25) is 4.79 Å². The second-order valence-corrected chi connectivity index (χ2v) is 6.71. The van der Waals surface area contributed by atoms with Crippen molar-refractivity contribution in [3.8, 4) is 17.2 Å². The molecule has 0 aliphatic heterocycles. The van der Waals surface area contributed by atoms with E-state index in [0.29, 0.717) is 6.61 Å². The number of carbonyl (C=O) groups is 1. The van der Waals surface area contributed by atoms with Crippen molar-refractivity contribution in [2.45, 2.75) is 18.9 Å². The summed E-state index contributed by atoms with van der Waals surface area (Å²) in [4.78, 5) is 11.0. The van der Waals surface area contributed by atoms with Gasteiger partial charge in [0.05, 0.1) is 5.92 Å². The molecule has 0 radical (unpaired) electrons. The zero-order chi connectivity index (χ0) is 18.6. The van der Waals surface area contributed by atoms with Crippen molar-refractivity contribution in [3.05, 3.63) is 90.0 Å². The van der Waals surface area contributed by atoms with Gasteiger partial charge in [0.15, 0.2) is 0 Å². The second-order valence-electron chi connectivity index (χ2n) is 6.71. The Morgan fingerprint density at radius 3 is 2.33 bits per heavy atom. The van der Waals surface area contributed by atoms with Crippen LogP contribution in [0.15, 0.2) is 78.9 Å². The van der Waals surface area contributed by atoms with E-state index in [1.807, 2.05) is 78.9 Å². The topological polar surface area (TPSA) is 55.8 Å². The highest BCUT2D eigenvalue weighted by atomic mass is 16.5. The van der Waals surface area contributed by atoms with Gasteiger partial charge in [0.1, 0.15) is 23.9 Å². The van der Waals surface area contributed by atoms with Crippen molar-refractivity contribution < 1.29 is 19.4 Å². The Kier molecular flexibility index (Phi) is 4.79. The highest BCUT2D eigenvalue weighted by molar-refractivity contribution is 5.75. The summed E-state index contributed by atoms with van der Waals surface area (Å²) in [5.41, 5.74) is 2.08.